The molecule has 0 bridgehead atoms. The molecule has 4 heteroatoms. The molecule has 2 rings (SSSR count). The van der Waals surface area contributed by atoms with Gasteiger partial charge in [0.1, 0.15) is 17.9 Å². The first kappa shape index (κ1) is 17.5. The molecule has 0 spiro atoms. The number of benzene rings is 1. The van der Waals surface area contributed by atoms with E-state index < -0.39 is 0 Å². The van der Waals surface area contributed by atoms with E-state index in [1.54, 1.807) is 19.1 Å². The van der Waals surface area contributed by atoms with Crippen molar-refractivity contribution < 1.29 is 14.8 Å². The minimum Gasteiger partial charge on any atom is -0.508 e. The van der Waals surface area contributed by atoms with Gasteiger partial charge in [0.2, 0.25) is 0 Å². The van der Waals surface area contributed by atoms with Crippen molar-refractivity contribution in [1.29, 1.82) is 0 Å². The van der Waals surface area contributed by atoms with E-state index in [0.29, 0.717) is 17.2 Å². The van der Waals surface area contributed by atoms with Gasteiger partial charge in [-0.15, -0.1) is 0 Å². The van der Waals surface area contributed by atoms with Gasteiger partial charge in [0.25, 0.3) is 0 Å². The van der Waals surface area contributed by atoms with E-state index in [1.165, 1.54) is 19.3 Å². The zero-order chi connectivity index (χ0) is 17.0. The fourth-order valence-electron chi connectivity index (χ4n) is 2.88. The molecule has 2 aromatic rings. The molecule has 1 aromatic carbocycles. The lowest BCUT2D eigenvalue weighted by atomic mass is 10.0. The zero-order valence-corrected chi connectivity index (χ0v) is 14.6. The normalized spacial score (nSPS) is 12.9. The predicted octanol–water partition coefficient (Wildman–Crippen LogP) is 3.09. The van der Waals surface area contributed by atoms with Crippen LogP contribution < -0.4 is 10.9 Å². The summed E-state index contributed by atoms with van der Waals surface area (Å²) in [6.45, 7) is 9.24. The fourth-order valence-corrected chi connectivity index (χ4v) is 2.88. The summed E-state index contributed by atoms with van der Waals surface area (Å²) in [6.07, 6.45) is 3.67. The van der Waals surface area contributed by atoms with Crippen LogP contribution in [0.4, 0.5) is 0 Å². The number of quaternary nitrogens is 1. The molecule has 0 unspecified atom stereocenters. The van der Waals surface area contributed by atoms with Crippen molar-refractivity contribution in [2.45, 2.75) is 59.5 Å². The second-order valence-electron chi connectivity index (χ2n) is 6.92. The molecular formula is C19H28NO3+. The van der Waals surface area contributed by atoms with E-state index in [0.717, 1.165) is 23.4 Å². The van der Waals surface area contributed by atoms with Gasteiger partial charge in [0.05, 0.1) is 6.04 Å². The minimum atomic E-state index is -0.359. The van der Waals surface area contributed by atoms with Crippen LogP contribution >= 0.6 is 0 Å². The molecule has 0 aliphatic carbocycles. The maximum absolute atomic E-state index is 11.8. The number of aromatic hydroxyl groups is 1. The summed E-state index contributed by atoms with van der Waals surface area (Å²) in [5.74, 6) is 0.907. The van der Waals surface area contributed by atoms with E-state index >= 15 is 0 Å². The highest BCUT2D eigenvalue weighted by Gasteiger charge is 2.13. The summed E-state index contributed by atoms with van der Waals surface area (Å²) in [6, 6.07) is 5.57. The highest BCUT2D eigenvalue weighted by molar-refractivity contribution is 5.84. The fraction of sp³-hybridized carbons (Fsp3) is 0.526. The summed E-state index contributed by atoms with van der Waals surface area (Å²) in [7, 11) is 0. The third kappa shape index (κ3) is 4.58. The lowest BCUT2D eigenvalue weighted by molar-refractivity contribution is -0.701. The Morgan fingerprint density at radius 2 is 1.96 bits per heavy atom. The first-order valence-corrected chi connectivity index (χ1v) is 8.47. The molecule has 0 amide bonds. The Balaban J connectivity index is 2.11. The van der Waals surface area contributed by atoms with Gasteiger partial charge in [-0.25, -0.2) is 4.79 Å². The van der Waals surface area contributed by atoms with Crippen molar-refractivity contribution in [3.63, 3.8) is 0 Å². The number of phenols is 1. The lowest BCUT2D eigenvalue weighted by Crippen LogP contribution is -2.87. The quantitative estimate of drug-likeness (QED) is 0.771. The smallest absolute Gasteiger partial charge is 0.336 e. The molecule has 0 aliphatic rings. The van der Waals surface area contributed by atoms with Crippen molar-refractivity contribution in [2.75, 3.05) is 0 Å². The van der Waals surface area contributed by atoms with Gasteiger partial charge in [0, 0.05) is 22.6 Å². The first-order chi connectivity index (χ1) is 10.9. The van der Waals surface area contributed by atoms with Crippen LogP contribution in [0.15, 0.2) is 27.4 Å². The molecule has 0 saturated carbocycles. The molecule has 0 saturated heterocycles. The van der Waals surface area contributed by atoms with E-state index in [4.69, 9.17) is 4.42 Å². The van der Waals surface area contributed by atoms with E-state index in [-0.39, 0.29) is 11.4 Å². The van der Waals surface area contributed by atoms with Crippen LogP contribution in [0.25, 0.3) is 11.0 Å². The summed E-state index contributed by atoms with van der Waals surface area (Å²) in [4.78, 5) is 11.8. The van der Waals surface area contributed by atoms with Crippen molar-refractivity contribution in [1.82, 2.24) is 0 Å². The van der Waals surface area contributed by atoms with E-state index in [9.17, 15) is 9.90 Å². The monoisotopic (exact) mass is 318 g/mol. The van der Waals surface area contributed by atoms with E-state index in [2.05, 4.69) is 26.1 Å². The van der Waals surface area contributed by atoms with Crippen molar-refractivity contribution >= 4 is 11.0 Å². The third-order valence-corrected chi connectivity index (χ3v) is 4.40. The molecule has 1 atom stereocenters. The zero-order valence-electron chi connectivity index (χ0n) is 14.6. The molecule has 4 nitrogen and oxygen atoms in total. The number of hydrogen-bond acceptors (Lipinski definition) is 3. The Kier molecular flexibility index (Phi) is 5.83. The van der Waals surface area contributed by atoms with Crippen LogP contribution in [-0.4, -0.2) is 11.1 Å². The summed E-state index contributed by atoms with van der Waals surface area (Å²) in [5.41, 5.74) is 1.72. The molecule has 0 aliphatic heterocycles. The second kappa shape index (κ2) is 7.64. The molecule has 1 aromatic heterocycles. The average Bonchev–Trinajstić information content (AvgIpc) is 2.48. The number of aryl methyl sites for hydroxylation is 1. The van der Waals surface area contributed by atoms with Gasteiger partial charge >= 0.3 is 5.63 Å². The molecule has 23 heavy (non-hydrogen) atoms. The minimum absolute atomic E-state index is 0.156. The second-order valence-corrected chi connectivity index (χ2v) is 6.92. The van der Waals surface area contributed by atoms with Gasteiger partial charge in [-0.2, -0.15) is 0 Å². The van der Waals surface area contributed by atoms with Crippen molar-refractivity contribution in [3.05, 3.63) is 39.7 Å². The standard InChI is InChI=1S/C19H27NO3/c1-12(2)6-5-7-13(3)20-11-15-10-18(22)23-19-14(4)17(21)9-8-16(15)19/h8-10,12-13,20-21H,5-7,11H2,1-4H3/p+1/t13-/m1/s1. The van der Waals surface area contributed by atoms with E-state index in [1.807, 2.05) is 6.07 Å². The van der Waals surface area contributed by atoms with Gasteiger partial charge in [-0.1, -0.05) is 20.3 Å². The Morgan fingerprint density at radius 1 is 1.22 bits per heavy atom. The highest BCUT2D eigenvalue weighted by Crippen LogP contribution is 2.26. The highest BCUT2D eigenvalue weighted by atomic mass is 16.4. The topological polar surface area (TPSA) is 67.1 Å². The summed E-state index contributed by atoms with van der Waals surface area (Å²) in [5, 5.41) is 13.0. The Labute approximate surface area is 137 Å². The first-order valence-electron chi connectivity index (χ1n) is 8.47. The number of rotatable bonds is 7. The van der Waals surface area contributed by atoms with Crippen LogP contribution in [0.1, 0.15) is 51.2 Å². The molecule has 0 fully saturated rings. The number of nitrogens with two attached hydrogens (primary N) is 1. The molecule has 3 N–H and O–H groups in total. The number of fused-ring (bicyclic) bond motifs is 1. The summed E-state index contributed by atoms with van der Waals surface area (Å²) < 4.78 is 5.28. The van der Waals surface area contributed by atoms with Crippen molar-refractivity contribution in [2.24, 2.45) is 5.92 Å². The van der Waals surface area contributed by atoms with Crippen LogP contribution in [0.2, 0.25) is 0 Å². The van der Waals surface area contributed by atoms with Crippen LogP contribution in [0.3, 0.4) is 0 Å². The number of hydrogen-bond donors (Lipinski definition) is 2. The van der Waals surface area contributed by atoms with Gasteiger partial charge < -0.3 is 14.8 Å². The van der Waals surface area contributed by atoms with Crippen LogP contribution in [0, 0.1) is 12.8 Å². The third-order valence-electron chi connectivity index (χ3n) is 4.40. The van der Waals surface area contributed by atoms with Crippen LogP contribution in [-0.2, 0) is 6.54 Å². The Morgan fingerprint density at radius 3 is 2.65 bits per heavy atom. The summed E-state index contributed by atoms with van der Waals surface area (Å²) >= 11 is 0. The SMILES string of the molecule is Cc1c(O)ccc2c(C[NH2+][C@H](C)CCCC(C)C)cc(=O)oc12. The van der Waals surface area contributed by atoms with Crippen molar-refractivity contribution in [3.8, 4) is 5.75 Å². The number of phenolic OH excluding ortho intramolecular Hbond substituents is 1. The predicted molar refractivity (Wildman–Crippen MR) is 92.7 cm³/mol. The Hall–Kier alpha value is -1.81. The van der Waals surface area contributed by atoms with Gasteiger partial charge in [-0.05, 0) is 44.7 Å². The Bertz CT molecular complexity index is 718. The van der Waals surface area contributed by atoms with Gasteiger partial charge in [0.15, 0.2) is 0 Å². The van der Waals surface area contributed by atoms with Crippen LogP contribution in [0.5, 0.6) is 5.75 Å². The average molecular weight is 318 g/mol. The van der Waals surface area contributed by atoms with Gasteiger partial charge in [-0.3, -0.25) is 0 Å². The molecule has 126 valence electrons. The largest absolute Gasteiger partial charge is 0.508 e. The molecule has 1 heterocycles. The molecular weight excluding hydrogens is 290 g/mol. The molecule has 0 radical (unpaired) electrons. The maximum atomic E-state index is 11.8. The maximum Gasteiger partial charge on any atom is 0.336 e. The lowest BCUT2D eigenvalue weighted by Gasteiger charge is -2.13.